The molecule has 2 aliphatic rings. The SMILES string of the molecule is COc1cc(CN2CCC(NC(=O)CC3CCCN3)C2)cc(OC)c1.Cl.Cl. The van der Waals surface area contributed by atoms with E-state index in [1.54, 1.807) is 14.2 Å². The number of methoxy groups -OCH3 is 2. The third-order valence-electron chi connectivity index (χ3n) is 5.05. The van der Waals surface area contributed by atoms with Crippen molar-refractivity contribution in [2.45, 2.75) is 44.3 Å². The average Bonchev–Trinajstić information content (AvgIpc) is 3.26. The summed E-state index contributed by atoms with van der Waals surface area (Å²) in [7, 11) is 3.33. The molecule has 3 rings (SSSR count). The highest BCUT2D eigenvalue weighted by atomic mass is 35.5. The first-order valence-corrected chi connectivity index (χ1v) is 9.13. The van der Waals surface area contributed by atoms with Gasteiger partial charge in [0.25, 0.3) is 0 Å². The van der Waals surface area contributed by atoms with Gasteiger partial charge in [0.05, 0.1) is 14.2 Å². The van der Waals surface area contributed by atoms with Gasteiger partial charge < -0.3 is 20.1 Å². The Labute approximate surface area is 174 Å². The van der Waals surface area contributed by atoms with Gasteiger partial charge in [-0.1, -0.05) is 0 Å². The number of nitrogens with one attached hydrogen (secondary N) is 2. The van der Waals surface area contributed by atoms with Gasteiger partial charge in [-0.05, 0) is 43.5 Å². The molecule has 1 aromatic carbocycles. The number of nitrogens with zero attached hydrogens (tertiary/aromatic N) is 1. The Balaban J connectivity index is 0.00000182. The van der Waals surface area contributed by atoms with Crippen LogP contribution in [0.2, 0.25) is 0 Å². The van der Waals surface area contributed by atoms with Gasteiger partial charge in [0.1, 0.15) is 11.5 Å². The lowest BCUT2D eigenvalue weighted by Crippen LogP contribution is -2.39. The molecule has 8 heteroatoms. The van der Waals surface area contributed by atoms with Crippen LogP contribution in [0.15, 0.2) is 18.2 Å². The number of carbonyl (C=O) groups excluding carboxylic acids is 1. The van der Waals surface area contributed by atoms with Crippen molar-refractivity contribution < 1.29 is 14.3 Å². The first kappa shape index (κ1) is 23.8. The number of hydrogen-bond acceptors (Lipinski definition) is 5. The van der Waals surface area contributed by atoms with Crippen molar-refractivity contribution in [2.75, 3.05) is 33.9 Å². The summed E-state index contributed by atoms with van der Waals surface area (Å²) in [6.45, 7) is 3.76. The second-order valence-corrected chi connectivity index (χ2v) is 7.01. The number of ether oxygens (including phenoxy) is 2. The fourth-order valence-electron chi connectivity index (χ4n) is 3.75. The average molecular weight is 420 g/mol. The zero-order chi connectivity index (χ0) is 17.6. The fraction of sp³-hybridized carbons (Fsp3) is 0.632. The van der Waals surface area contributed by atoms with Crippen molar-refractivity contribution >= 4 is 30.7 Å². The number of carbonyl (C=O) groups is 1. The summed E-state index contributed by atoms with van der Waals surface area (Å²) in [6.07, 6.45) is 3.90. The topological polar surface area (TPSA) is 62.8 Å². The molecule has 2 atom stereocenters. The minimum absolute atomic E-state index is 0. The van der Waals surface area contributed by atoms with Crippen LogP contribution in [-0.4, -0.2) is 56.7 Å². The van der Waals surface area contributed by atoms with E-state index in [2.05, 4.69) is 15.5 Å². The third kappa shape index (κ3) is 7.03. The van der Waals surface area contributed by atoms with Crippen LogP contribution in [0.25, 0.3) is 0 Å². The Kier molecular flexibility index (Phi) is 10.2. The fourth-order valence-corrected chi connectivity index (χ4v) is 3.75. The van der Waals surface area contributed by atoms with Gasteiger partial charge in [0.2, 0.25) is 5.91 Å². The van der Waals surface area contributed by atoms with Crippen molar-refractivity contribution in [1.29, 1.82) is 0 Å². The minimum Gasteiger partial charge on any atom is -0.497 e. The first-order valence-electron chi connectivity index (χ1n) is 9.13. The number of amides is 1. The molecule has 2 unspecified atom stereocenters. The van der Waals surface area contributed by atoms with E-state index in [0.29, 0.717) is 12.5 Å². The Hall–Kier alpha value is -1.21. The minimum atomic E-state index is 0. The quantitative estimate of drug-likeness (QED) is 0.710. The van der Waals surface area contributed by atoms with Gasteiger partial charge in [-0.25, -0.2) is 0 Å². The molecule has 2 saturated heterocycles. The molecular formula is C19H31Cl2N3O3. The summed E-state index contributed by atoms with van der Waals surface area (Å²) in [6, 6.07) is 6.58. The molecule has 27 heavy (non-hydrogen) atoms. The lowest BCUT2D eigenvalue weighted by Gasteiger charge is -2.18. The molecule has 0 aromatic heterocycles. The number of likely N-dealkylation sites (tertiary alicyclic amines) is 1. The molecule has 2 heterocycles. The zero-order valence-electron chi connectivity index (χ0n) is 16.0. The van der Waals surface area contributed by atoms with Crippen LogP contribution in [0.3, 0.4) is 0 Å². The van der Waals surface area contributed by atoms with Gasteiger partial charge in [-0.15, -0.1) is 24.8 Å². The highest BCUT2D eigenvalue weighted by Gasteiger charge is 2.25. The highest BCUT2D eigenvalue weighted by molar-refractivity contribution is 5.85. The van der Waals surface area contributed by atoms with Crippen LogP contribution >= 0.6 is 24.8 Å². The molecule has 1 amide bonds. The van der Waals surface area contributed by atoms with Gasteiger partial charge in [-0.3, -0.25) is 9.69 Å². The molecule has 0 aliphatic carbocycles. The van der Waals surface area contributed by atoms with E-state index in [1.807, 2.05) is 18.2 Å². The van der Waals surface area contributed by atoms with Crippen molar-refractivity contribution in [1.82, 2.24) is 15.5 Å². The monoisotopic (exact) mass is 419 g/mol. The van der Waals surface area contributed by atoms with E-state index in [-0.39, 0.29) is 36.8 Å². The van der Waals surface area contributed by atoms with Gasteiger partial charge in [0.15, 0.2) is 0 Å². The second-order valence-electron chi connectivity index (χ2n) is 7.01. The van der Waals surface area contributed by atoms with Crippen LogP contribution in [0, 0.1) is 0 Å². The smallest absolute Gasteiger partial charge is 0.221 e. The molecule has 154 valence electrons. The van der Waals surface area contributed by atoms with Crippen molar-refractivity contribution in [3.63, 3.8) is 0 Å². The van der Waals surface area contributed by atoms with Crippen LogP contribution < -0.4 is 20.1 Å². The Morgan fingerprint density at radius 1 is 1.19 bits per heavy atom. The summed E-state index contributed by atoms with van der Waals surface area (Å²) in [5.41, 5.74) is 1.17. The van der Waals surface area contributed by atoms with Crippen LogP contribution in [0.4, 0.5) is 0 Å². The third-order valence-corrected chi connectivity index (χ3v) is 5.05. The van der Waals surface area contributed by atoms with E-state index in [1.165, 1.54) is 12.0 Å². The molecule has 2 aliphatic heterocycles. The van der Waals surface area contributed by atoms with Crippen LogP contribution in [0.5, 0.6) is 11.5 Å². The number of rotatable bonds is 7. The maximum absolute atomic E-state index is 12.2. The standard InChI is InChI=1S/C19H29N3O3.2ClH/c1-24-17-8-14(9-18(11-17)25-2)12-22-7-5-16(13-22)21-19(23)10-15-4-3-6-20-15;;/h8-9,11,15-16,20H,3-7,10,12-13H2,1-2H3,(H,21,23);2*1H. The van der Waals surface area contributed by atoms with Gasteiger partial charge in [0, 0.05) is 44.2 Å². The van der Waals surface area contributed by atoms with E-state index in [0.717, 1.165) is 50.5 Å². The number of hydrogen-bond donors (Lipinski definition) is 2. The molecule has 1 aromatic rings. The molecule has 0 radical (unpaired) electrons. The largest absolute Gasteiger partial charge is 0.497 e. The molecule has 6 nitrogen and oxygen atoms in total. The Morgan fingerprint density at radius 2 is 1.89 bits per heavy atom. The predicted molar refractivity (Wildman–Crippen MR) is 112 cm³/mol. The van der Waals surface area contributed by atoms with Gasteiger partial charge >= 0.3 is 0 Å². The van der Waals surface area contributed by atoms with Crippen molar-refractivity contribution in [2.24, 2.45) is 0 Å². The second kappa shape index (κ2) is 11.6. The summed E-state index contributed by atoms with van der Waals surface area (Å²) in [5.74, 6) is 1.79. The van der Waals surface area contributed by atoms with Crippen LogP contribution in [0.1, 0.15) is 31.2 Å². The lowest BCUT2D eigenvalue weighted by atomic mass is 10.1. The normalized spacial score (nSPS) is 21.9. The Morgan fingerprint density at radius 3 is 2.48 bits per heavy atom. The lowest BCUT2D eigenvalue weighted by molar-refractivity contribution is -0.122. The highest BCUT2D eigenvalue weighted by Crippen LogP contribution is 2.24. The van der Waals surface area contributed by atoms with E-state index in [4.69, 9.17) is 9.47 Å². The Bertz CT molecular complexity index is 575. The molecule has 2 N–H and O–H groups in total. The molecular weight excluding hydrogens is 389 g/mol. The maximum atomic E-state index is 12.2. The zero-order valence-corrected chi connectivity index (χ0v) is 17.7. The summed E-state index contributed by atoms with van der Waals surface area (Å²) in [5, 5.41) is 6.58. The molecule has 2 fully saturated rings. The van der Waals surface area contributed by atoms with E-state index in [9.17, 15) is 4.79 Å². The van der Waals surface area contributed by atoms with Crippen molar-refractivity contribution in [3.05, 3.63) is 23.8 Å². The number of benzene rings is 1. The molecule has 0 spiro atoms. The van der Waals surface area contributed by atoms with E-state index >= 15 is 0 Å². The van der Waals surface area contributed by atoms with Crippen LogP contribution in [-0.2, 0) is 11.3 Å². The molecule has 0 bridgehead atoms. The van der Waals surface area contributed by atoms with Gasteiger partial charge in [-0.2, -0.15) is 0 Å². The predicted octanol–water partition coefficient (Wildman–Crippen LogP) is 2.38. The molecule has 0 saturated carbocycles. The number of halogens is 2. The summed E-state index contributed by atoms with van der Waals surface area (Å²) < 4.78 is 10.7. The summed E-state index contributed by atoms with van der Waals surface area (Å²) >= 11 is 0. The summed E-state index contributed by atoms with van der Waals surface area (Å²) in [4.78, 5) is 14.6. The van der Waals surface area contributed by atoms with Crippen molar-refractivity contribution in [3.8, 4) is 11.5 Å². The first-order chi connectivity index (χ1) is 12.2. The van der Waals surface area contributed by atoms with E-state index < -0.39 is 0 Å². The maximum Gasteiger partial charge on any atom is 0.221 e.